The molecule has 5 nitrogen and oxygen atoms in total. The molecule has 1 N–H and O–H groups in total. The monoisotopic (exact) mass is 329 g/mol. The highest BCUT2D eigenvalue weighted by molar-refractivity contribution is 7.98. The largest absolute Gasteiger partial charge is 0.381 e. The van der Waals surface area contributed by atoms with Gasteiger partial charge >= 0.3 is 0 Å². The lowest BCUT2D eigenvalue weighted by molar-refractivity contribution is 0.0844. The van der Waals surface area contributed by atoms with Crippen molar-refractivity contribution in [1.29, 1.82) is 0 Å². The lowest BCUT2D eigenvalue weighted by atomic mass is 9.96. The predicted octanol–water partition coefficient (Wildman–Crippen LogP) is 3.34. The van der Waals surface area contributed by atoms with E-state index in [1.165, 1.54) is 6.33 Å². The van der Waals surface area contributed by atoms with Gasteiger partial charge < -0.3 is 10.1 Å². The number of carbonyl (C=O) groups is 1. The molecule has 0 aliphatic carbocycles. The van der Waals surface area contributed by atoms with Crippen LogP contribution in [0.4, 0.5) is 5.69 Å². The SMILES string of the molecule is CSc1cccc(NC(=O)c2cc(C3CCOCC3)ncn2)c1. The summed E-state index contributed by atoms with van der Waals surface area (Å²) in [6.45, 7) is 1.50. The number of hydrogen-bond donors (Lipinski definition) is 1. The van der Waals surface area contributed by atoms with Gasteiger partial charge in [0.05, 0.1) is 0 Å². The van der Waals surface area contributed by atoms with Gasteiger partial charge in [0.2, 0.25) is 0 Å². The van der Waals surface area contributed by atoms with E-state index in [9.17, 15) is 4.79 Å². The number of thioether (sulfide) groups is 1. The molecule has 1 saturated heterocycles. The minimum Gasteiger partial charge on any atom is -0.381 e. The van der Waals surface area contributed by atoms with E-state index in [4.69, 9.17) is 4.74 Å². The van der Waals surface area contributed by atoms with Gasteiger partial charge in [-0.15, -0.1) is 11.8 Å². The molecule has 0 atom stereocenters. The summed E-state index contributed by atoms with van der Waals surface area (Å²) in [5.74, 6) is 0.136. The summed E-state index contributed by atoms with van der Waals surface area (Å²) in [7, 11) is 0. The molecule has 0 radical (unpaired) electrons. The van der Waals surface area contributed by atoms with Crippen LogP contribution < -0.4 is 5.32 Å². The minimum absolute atomic E-state index is 0.209. The predicted molar refractivity (Wildman–Crippen MR) is 91.0 cm³/mol. The standard InChI is InChI=1S/C17H19N3O2S/c1-23-14-4-2-3-13(9-14)20-17(21)16-10-15(18-11-19-16)12-5-7-22-8-6-12/h2-4,9-12H,5-8H2,1H3,(H,20,21). The van der Waals surface area contributed by atoms with Gasteiger partial charge in [0.15, 0.2) is 0 Å². The Labute approximate surface area is 139 Å². The number of carbonyl (C=O) groups excluding carboxylic acids is 1. The zero-order chi connectivity index (χ0) is 16.1. The van der Waals surface area contributed by atoms with Crippen molar-refractivity contribution < 1.29 is 9.53 Å². The molecule has 1 aliphatic heterocycles. The Hall–Kier alpha value is -1.92. The quantitative estimate of drug-likeness (QED) is 0.872. The van der Waals surface area contributed by atoms with E-state index < -0.39 is 0 Å². The van der Waals surface area contributed by atoms with Gasteiger partial charge in [-0.1, -0.05) is 6.07 Å². The van der Waals surface area contributed by atoms with Crippen LogP contribution in [-0.4, -0.2) is 35.3 Å². The highest BCUT2D eigenvalue weighted by Crippen LogP contribution is 2.25. The first kappa shape index (κ1) is 16.0. The van der Waals surface area contributed by atoms with E-state index in [1.54, 1.807) is 17.8 Å². The summed E-state index contributed by atoms with van der Waals surface area (Å²) in [6.07, 6.45) is 5.35. The fraction of sp³-hybridized carbons (Fsp3) is 0.353. The maximum atomic E-state index is 12.4. The molecular weight excluding hydrogens is 310 g/mol. The first-order chi connectivity index (χ1) is 11.3. The summed E-state index contributed by atoms with van der Waals surface area (Å²) in [4.78, 5) is 22.0. The summed E-state index contributed by atoms with van der Waals surface area (Å²) in [6, 6.07) is 9.55. The molecule has 3 rings (SSSR count). The summed E-state index contributed by atoms with van der Waals surface area (Å²) in [5.41, 5.74) is 2.09. The van der Waals surface area contributed by atoms with Crippen LogP contribution in [0.1, 0.15) is 34.9 Å². The van der Waals surface area contributed by atoms with Crippen molar-refractivity contribution >= 4 is 23.4 Å². The number of nitrogens with one attached hydrogen (secondary N) is 1. The molecular formula is C17H19N3O2S. The number of anilines is 1. The Balaban J connectivity index is 1.74. The molecule has 1 aromatic heterocycles. The van der Waals surface area contributed by atoms with Crippen molar-refractivity contribution in [3.8, 4) is 0 Å². The molecule has 2 heterocycles. The normalized spacial score (nSPS) is 15.3. The van der Waals surface area contributed by atoms with Crippen LogP contribution in [0.2, 0.25) is 0 Å². The molecule has 2 aromatic rings. The molecule has 1 aliphatic rings. The van der Waals surface area contributed by atoms with E-state index in [0.717, 1.165) is 42.3 Å². The average Bonchev–Trinajstić information content (AvgIpc) is 2.63. The summed E-state index contributed by atoms with van der Waals surface area (Å²) in [5, 5.41) is 2.90. The Morgan fingerprint density at radius 3 is 2.87 bits per heavy atom. The number of benzene rings is 1. The third kappa shape index (κ3) is 4.09. The fourth-order valence-corrected chi connectivity index (χ4v) is 3.07. The fourth-order valence-electron chi connectivity index (χ4n) is 2.61. The Morgan fingerprint density at radius 2 is 2.09 bits per heavy atom. The second kappa shape index (κ2) is 7.57. The minimum atomic E-state index is -0.209. The maximum absolute atomic E-state index is 12.4. The van der Waals surface area contributed by atoms with Crippen molar-refractivity contribution in [2.45, 2.75) is 23.7 Å². The van der Waals surface area contributed by atoms with E-state index in [2.05, 4.69) is 15.3 Å². The summed E-state index contributed by atoms with van der Waals surface area (Å²) < 4.78 is 5.38. The van der Waals surface area contributed by atoms with Gasteiger partial charge in [-0.3, -0.25) is 4.79 Å². The Morgan fingerprint density at radius 1 is 1.26 bits per heavy atom. The van der Waals surface area contributed by atoms with Crippen LogP contribution in [0.25, 0.3) is 0 Å². The third-order valence-electron chi connectivity index (χ3n) is 3.89. The number of ether oxygens (including phenoxy) is 1. The highest BCUT2D eigenvalue weighted by atomic mass is 32.2. The highest BCUT2D eigenvalue weighted by Gasteiger charge is 2.19. The van der Waals surface area contributed by atoms with Crippen LogP contribution in [-0.2, 0) is 4.74 Å². The number of hydrogen-bond acceptors (Lipinski definition) is 5. The molecule has 120 valence electrons. The summed E-state index contributed by atoms with van der Waals surface area (Å²) >= 11 is 1.64. The van der Waals surface area contributed by atoms with Crippen molar-refractivity contribution in [1.82, 2.24) is 9.97 Å². The van der Waals surface area contributed by atoms with Crippen LogP contribution in [0.15, 0.2) is 41.6 Å². The van der Waals surface area contributed by atoms with Gasteiger partial charge in [0.25, 0.3) is 5.91 Å². The van der Waals surface area contributed by atoms with E-state index in [0.29, 0.717) is 11.6 Å². The zero-order valence-corrected chi connectivity index (χ0v) is 13.8. The molecule has 0 spiro atoms. The Bertz CT molecular complexity index is 687. The Kier molecular flexibility index (Phi) is 5.25. The number of aromatic nitrogens is 2. The van der Waals surface area contributed by atoms with Gasteiger partial charge in [0.1, 0.15) is 12.0 Å². The van der Waals surface area contributed by atoms with Gasteiger partial charge in [0, 0.05) is 35.4 Å². The number of amides is 1. The second-order valence-electron chi connectivity index (χ2n) is 5.40. The van der Waals surface area contributed by atoms with Gasteiger partial charge in [-0.05, 0) is 43.4 Å². The number of nitrogens with zero attached hydrogens (tertiary/aromatic N) is 2. The average molecular weight is 329 g/mol. The molecule has 0 unspecified atom stereocenters. The second-order valence-corrected chi connectivity index (χ2v) is 6.28. The molecule has 23 heavy (non-hydrogen) atoms. The van der Waals surface area contributed by atoms with E-state index in [-0.39, 0.29) is 5.91 Å². The molecule has 1 fully saturated rings. The van der Waals surface area contributed by atoms with Crippen molar-refractivity contribution in [3.63, 3.8) is 0 Å². The van der Waals surface area contributed by atoms with Gasteiger partial charge in [-0.25, -0.2) is 9.97 Å². The third-order valence-corrected chi connectivity index (χ3v) is 4.61. The maximum Gasteiger partial charge on any atom is 0.274 e. The van der Waals surface area contributed by atoms with Crippen molar-refractivity contribution in [2.24, 2.45) is 0 Å². The zero-order valence-electron chi connectivity index (χ0n) is 13.0. The molecule has 0 bridgehead atoms. The molecule has 1 amide bonds. The smallest absolute Gasteiger partial charge is 0.274 e. The van der Waals surface area contributed by atoms with Crippen LogP contribution in [0.5, 0.6) is 0 Å². The lowest BCUT2D eigenvalue weighted by Crippen LogP contribution is -2.18. The lowest BCUT2D eigenvalue weighted by Gasteiger charge is -2.21. The van der Waals surface area contributed by atoms with Crippen LogP contribution in [0.3, 0.4) is 0 Å². The molecule has 1 aromatic carbocycles. The van der Waals surface area contributed by atoms with Crippen molar-refractivity contribution in [2.75, 3.05) is 24.8 Å². The van der Waals surface area contributed by atoms with Gasteiger partial charge in [-0.2, -0.15) is 0 Å². The number of rotatable bonds is 4. The molecule has 0 saturated carbocycles. The molecule has 6 heteroatoms. The first-order valence-electron chi connectivity index (χ1n) is 7.61. The van der Waals surface area contributed by atoms with E-state index in [1.807, 2.05) is 30.5 Å². The van der Waals surface area contributed by atoms with Crippen LogP contribution >= 0.6 is 11.8 Å². The van der Waals surface area contributed by atoms with E-state index >= 15 is 0 Å². The van der Waals surface area contributed by atoms with Crippen molar-refractivity contribution in [3.05, 3.63) is 48.0 Å². The first-order valence-corrected chi connectivity index (χ1v) is 8.84. The van der Waals surface area contributed by atoms with Crippen LogP contribution in [0, 0.1) is 0 Å². The topological polar surface area (TPSA) is 64.1 Å².